The van der Waals surface area contributed by atoms with E-state index in [-0.39, 0.29) is 18.0 Å². The molecule has 4 rings (SSSR count). The molecule has 0 radical (unpaired) electrons. The van der Waals surface area contributed by atoms with E-state index in [2.05, 4.69) is 32.1 Å². The Kier molecular flexibility index (Phi) is 7.24. The smallest absolute Gasteiger partial charge is 0.404 e. The molecule has 11 nitrogen and oxygen atoms in total. The Morgan fingerprint density at radius 2 is 2.03 bits per heavy atom. The lowest BCUT2D eigenvalue weighted by Crippen LogP contribution is -2.51. The molecule has 0 saturated heterocycles. The third-order valence-electron chi connectivity index (χ3n) is 6.71. The van der Waals surface area contributed by atoms with Gasteiger partial charge in [-0.15, -0.1) is 0 Å². The van der Waals surface area contributed by atoms with Gasteiger partial charge in [0.2, 0.25) is 0 Å². The highest BCUT2D eigenvalue weighted by molar-refractivity contribution is 6.00. The summed E-state index contributed by atoms with van der Waals surface area (Å²) in [5.74, 6) is -0.406. The molecule has 12 heteroatoms. The van der Waals surface area contributed by atoms with Crippen LogP contribution in [0.3, 0.4) is 0 Å². The first kappa shape index (κ1) is 26.8. The van der Waals surface area contributed by atoms with Crippen LogP contribution in [-0.2, 0) is 0 Å². The van der Waals surface area contributed by atoms with Gasteiger partial charge in [0.1, 0.15) is 12.2 Å². The zero-order valence-corrected chi connectivity index (χ0v) is 21.3. The monoisotopic (exact) mass is 523 g/mol. The summed E-state index contributed by atoms with van der Waals surface area (Å²) >= 11 is 0. The van der Waals surface area contributed by atoms with Crippen LogP contribution < -0.4 is 16.0 Å². The minimum Gasteiger partial charge on any atom is -0.465 e. The van der Waals surface area contributed by atoms with Crippen LogP contribution in [0.15, 0.2) is 36.7 Å². The molecule has 3 heterocycles. The molecule has 0 spiro atoms. The molecule has 1 fully saturated rings. The Balaban J connectivity index is 1.62. The molecule has 38 heavy (non-hydrogen) atoms. The van der Waals surface area contributed by atoms with Crippen molar-refractivity contribution in [2.75, 3.05) is 18.4 Å². The topological polar surface area (TPSA) is 165 Å². The number of rotatable bonds is 9. The Morgan fingerprint density at radius 1 is 1.29 bits per heavy atom. The van der Waals surface area contributed by atoms with Crippen LogP contribution in [0.4, 0.5) is 14.9 Å². The largest absolute Gasteiger partial charge is 0.465 e. The summed E-state index contributed by atoms with van der Waals surface area (Å²) in [5, 5.41) is 40.6. The van der Waals surface area contributed by atoms with E-state index in [1.807, 2.05) is 19.1 Å². The van der Waals surface area contributed by atoms with Crippen molar-refractivity contribution in [3.05, 3.63) is 47.8 Å². The molecule has 0 aromatic carbocycles. The van der Waals surface area contributed by atoms with Gasteiger partial charge in [-0.1, -0.05) is 0 Å². The second-order valence-corrected chi connectivity index (χ2v) is 10.5. The minimum absolute atomic E-state index is 0.148. The first-order valence-corrected chi connectivity index (χ1v) is 12.2. The number of nitrogens with zero attached hydrogens (tertiary/aromatic N) is 4. The number of aromatic nitrogens is 3. The number of fused-ring (bicyclic) bond motifs is 1. The molecule has 200 valence electrons. The van der Waals surface area contributed by atoms with Gasteiger partial charge in [0.25, 0.3) is 5.91 Å². The lowest BCUT2D eigenvalue weighted by molar-refractivity contribution is -0.00177. The van der Waals surface area contributed by atoms with Crippen molar-refractivity contribution < 1.29 is 24.2 Å². The Bertz CT molecular complexity index is 1400. The SMILES string of the molecule is CC1(Nc2cc(-c3ccc4cc(C#N)cnn34)ncc2C(=O)NC[C@@H](F)C(C)(C)O)CC(CNC(=O)O)C1. The number of amides is 2. The van der Waals surface area contributed by atoms with Crippen LogP contribution in [0.1, 0.15) is 49.5 Å². The zero-order chi connectivity index (χ0) is 27.7. The molecule has 2 amide bonds. The van der Waals surface area contributed by atoms with Gasteiger partial charge in [-0.2, -0.15) is 10.4 Å². The van der Waals surface area contributed by atoms with Crippen molar-refractivity contribution in [2.24, 2.45) is 5.92 Å². The number of carbonyl (C=O) groups excluding carboxylic acids is 1. The molecule has 1 saturated carbocycles. The normalized spacial score (nSPS) is 19.7. The predicted molar refractivity (Wildman–Crippen MR) is 137 cm³/mol. The van der Waals surface area contributed by atoms with E-state index in [1.165, 1.54) is 26.2 Å². The van der Waals surface area contributed by atoms with Gasteiger partial charge in [-0.25, -0.2) is 13.7 Å². The summed E-state index contributed by atoms with van der Waals surface area (Å²) in [5.41, 5.74) is 0.955. The van der Waals surface area contributed by atoms with E-state index >= 15 is 0 Å². The summed E-state index contributed by atoms with van der Waals surface area (Å²) in [7, 11) is 0. The second kappa shape index (κ2) is 10.3. The number of carbonyl (C=O) groups is 2. The number of aliphatic hydroxyl groups is 1. The maximum absolute atomic E-state index is 14.3. The summed E-state index contributed by atoms with van der Waals surface area (Å²) in [4.78, 5) is 28.3. The number of hydrogen-bond acceptors (Lipinski definition) is 7. The first-order chi connectivity index (χ1) is 17.9. The fourth-order valence-electron chi connectivity index (χ4n) is 4.68. The fourth-order valence-corrected chi connectivity index (χ4v) is 4.68. The molecular weight excluding hydrogens is 493 g/mol. The van der Waals surface area contributed by atoms with Gasteiger partial charge in [0.05, 0.1) is 52.1 Å². The van der Waals surface area contributed by atoms with Gasteiger partial charge in [0, 0.05) is 18.3 Å². The minimum atomic E-state index is -1.67. The number of carboxylic acid groups (broad SMARTS) is 1. The van der Waals surface area contributed by atoms with Crippen LogP contribution in [0.5, 0.6) is 0 Å². The average Bonchev–Trinajstić information content (AvgIpc) is 3.27. The summed E-state index contributed by atoms with van der Waals surface area (Å²) < 4.78 is 15.9. The number of halogens is 1. The van der Waals surface area contributed by atoms with E-state index in [1.54, 1.807) is 16.6 Å². The molecule has 3 aromatic heterocycles. The van der Waals surface area contributed by atoms with Gasteiger partial charge in [-0.05, 0) is 63.8 Å². The van der Waals surface area contributed by atoms with Crippen molar-refractivity contribution >= 4 is 23.2 Å². The highest BCUT2D eigenvalue weighted by atomic mass is 19.1. The van der Waals surface area contributed by atoms with Crippen LogP contribution in [0.2, 0.25) is 0 Å². The Labute approximate surface area is 218 Å². The quantitative estimate of drug-likeness (QED) is 0.286. The number of hydrogen-bond donors (Lipinski definition) is 5. The molecule has 3 aromatic rings. The maximum Gasteiger partial charge on any atom is 0.404 e. The van der Waals surface area contributed by atoms with Gasteiger partial charge in [0.15, 0.2) is 0 Å². The highest BCUT2D eigenvalue weighted by Gasteiger charge is 2.41. The lowest BCUT2D eigenvalue weighted by Gasteiger charge is -2.46. The van der Waals surface area contributed by atoms with Crippen LogP contribution >= 0.6 is 0 Å². The van der Waals surface area contributed by atoms with Crippen molar-refractivity contribution in [3.8, 4) is 17.5 Å². The molecule has 1 aliphatic rings. The number of anilines is 1. The van der Waals surface area contributed by atoms with Crippen LogP contribution in [0.25, 0.3) is 16.9 Å². The second-order valence-electron chi connectivity index (χ2n) is 10.5. The van der Waals surface area contributed by atoms with Crippen molar-refractivity contribution in [1.82, 2.24) is 25.2 Å². The Morgan fingerprint density at radius 3 is 2.68 bits per heavy atom. The van der Waals surface area contributed by atoms with Crippen LogP contribution in [0, 0.1) is 17.2 Å². The molecule has 0 bridgehead atoms. The van der Waals surface area contributed by atoms with Crippen molar-refractivity contribution in [2.45, 2.75) is 50.9 Å². The number of nitriles is 1. The number of nitrogens with one attached hydrogen (secondary N) is 3. The van der Waals surface area contributed by atoms with Gasteiger partial charge < -0.3 is 26.2 Å². The third kappa shape index (κ3) is 5.84. The lowest BCUT2D eigenvalue weighted by atomic mass is 9.69. The number of alkyl halides is 1. The van der Waals surface area contributed by atoms with Gasteiger partial charge >= 0.3 is 6.09 Å². The average molecular weight is 524 g/mol. The molecule has 1 atom stereocenters. The molecule has 0 unspecified atom stereocenters. The maximum atomic E-state index is 14.3. The zero-order valence-electron chi connectivity index (χ0n) is 21.3. The third-order valence-corrected chi connectivity index (χ3v) is 6.71. The van der Waals surface area contributed by atoms with E-state index in [9.17, 15) is 19.1 Å². The molecular formula is C26H30FN7O4. The van der Waals surface area contributed by atoms with E-state index in [0.717, 1.165) is 0 Å². The standard InChI is InChI=1S/C26H30FN7O4/c1-25(2,38)22(27)14-30-23(35)18-13-29-20(21-5-4-17-6-15(10-28)12-32-34(17)21)7-19(18)33-26(3)8-16(9-26)11-31-24(36)37/h4-7,12-13,16,22,31,38H,8-9,11,14H2,1-3H3,(H,29,33)(H,30,35)(H,36,37)/t16?,22-,26?/m1/s1. The molecule has 1 aliphatic carbocycles. The van der Waals surface area contributed by atoms with Crippen molar-refractivity contribution in [3.63, 3.8) is 0 Å². The summed E-state index contributed by atoms with van der Waals surface area (Å²) in [6.45, 7) is 4.60. The predicted octanol–water partition coefficient (Wildman–Crippen LogP) is 2.95. The highest BCUT2D eigenvalue weighted by Crippen LogP contribution is 2.41. The Hall–Kier alpha value is -4.24. The fraction of sp³-hybridized carbons (Fsp3) is 0.423. The van der Waals surface area contributed by atoms with Crippen molar-refractivity contribution in [1.29, 1.82) is 5.26 Å². The molecule has 5 N–H and O–H groups in total. The van der Waals surface area contributed by atoms with E-state index in [4.69, 9.17) is 10.4 Å². The number of pyridine rings is 1. The molecule has 0 aliphatic heterocycles. The van der Waals surface area contributed by atoms with E-state index < -0.39 is 29.3 Å². The first-order valence-electron chi connectivity index (χ1n) is 12.2. The summed E-state index contributed by atoms with van der Waals surface area (Å²) in [6, 6.07) is 9.10. The van der Waals surface area contributed by atoms with Gasteiger partial charge in [-0.3, -0.25) is 9.78 Å². The van der Waals surface area contributed by atoms with Crippen LogP contribution in [-0.4, -0.2) is 67.2 Å². The summed E-state index contributed by atoms with van der Waals surface area (Å²) in [6.07, 6.45) is 1.45. The van der Waals surface area contributed by atoms with E-state index in [0.29, 0.717) is 47.5 Å².